The van der Waals surface area contributed by atoms with Crippen molar-refractivity contribution in [1.29, 1.82) is 5.26 Å². The number of amides is 2. The molecule has 1 heterocycles. The summed E-state index contributed by atoms with van der Waals surface area (Å²) in [7, 11) is 0. The van der Waals surface area contributed by atoms with Crippen molar-refractivity contribution < 1.29 is 23.1 Å². The first-order valence-corrected chi connectivity index (χ1v) is 6.83. The molecule has 0 aromatic heterocycles. The number of nitrogens with zero attached hydrogens (tertiary/aromatic N) is 2. The van der Waals surface area contributed by atoms with E-state index in [1.807, 2.05) is 0 Å². The van der Waals surface area contributed by atoms with Crippen molar-refractivity contribution >= 4 is 11.8 Å². The molecule has 116 valence electrons. The SMILES string of the molecule is N#CCNC(=O)[C@@H]1CC(F)(F)C[C@H]1C(=O)N1CCOCC1. The zero-order valence-electron chi connectivity index (χ0n) is 11.5. The van der Waals surface area contributed by atoms with Crippen LogP contribution in [0.1, 0.15) is 12.8 Å². The van der Waals surface area contributed by atoms with Crippen LogP contribution in [0.15, 0.2) is 0 Å². The topological polar surface area (TPSA) is 82.4 Å². The quantitative estimate of drug-likeness (QED) is 0.752. The summed E-state index contributed by atoms with van der Waals surface area (Å²) in [6.45, 7) is 1.21. The maximum atomic E-state index is 13.6. The second kappa shape index (κ2) is 6.35. The maximum absolute atomic E-state index is 13.6. The second-order valence-corrected chi connectivity index (χ2v) is 5.29. The van der Waals surface area contributed by atoms with E-state index in [4.69, 9.17) is 10.00 Å². The molecule has 1 aliphatic heterocycles. The second-order valence-electron chi connectivity index (χ2n) is 5.29. The number of rotatable bonds is 3. The Labute approximate surface area is 121 Å². The summed E-state index contributed by atoms with van der Waals surface area (Å²) >= 11 is 0. The van der Waals surface area contributed by atoms with Crippen LogP contribution in [0.4, 0.5) is 8.78 Å². The normalized spacial score (nSPS) is 28.0. The first kappa shape index (κ1) is 15.6. The molecular weight excluding hydrogens is 284 g/mol. The van der Waals surface area contributed by atoms with Gasteiger partial charge in [0.1, 0.15) is 6.54 Å². The highest BCUT2D eigenvalue weighted by molar-refractivity contribution is 5.88. The molecule has 0 radical (unpaired) electrons. The lowest BCUT2D eigenvalue weighted by atomic mass is 9.93. The first-order chi connectivity index (χ1) is 9.94. The summed E-state index contributed by atoms with van der Waals surface area (Å²) in [6, 6.07) is 1.72. The average molecular weight is 301 g/mol. The van der Waals surface area contributed by atoms with Crippen molar-refractivity contribution in [3.63, 3.8) is 0 Å². The van der Waals surface area contributed by atoms with Crippen LogP contribution in [0, 0.1) is 23.2 Å². The highest BCUT2D eigenvalue weighted by Crippen LogP contribution is 2.44. The molecule has 1 aliphatic carbocycles. The number of halogens is 2. The Morgan fingerprint density at radius 1 is 1.29 bits per heavy atom. The number of nitriles is 1. The van der Waals surface area contributed by atoms with Gasteiger partial charge in [0, 0.05) is 25.9 Å². The Kier molecular flexibility index (Phi) is 4.73. The number of carbonyl (C=O) groups is 2. The van der Waals surface area contributed by atoms with E-state index in [-0.39, 0.29) is 6.54 Å². The smallest absolute Gasteiger partial charge is 0.249 e. The van der Waals surface area contributed by atoms with Crippen LogP contribution in [0.2, 0.25) is 0 Å². The number of ether oxygens (including phenoxy) is 1. The van der Waals surface area contributed by atoms with Gasteiger partial charge in [0.25, 0.3) is 0 Å². The fraction of sp³-hybridized carbons (Fsp3) is 0.769. The van der Waals surface area contributed by atoms with Gasteiger partial charge < -0.3 is 15.0 Å². The van der Waals surface area contributed by atoms with E-state index in [2.05, 4.69) is 5.32 Å². The van der Waals surface area contributed by atoms with Gasteiger partial charge in [-0.2, -0.15) is 5.26 Å². The van der Waals surface area contributed by atoms with E-state index < -0.39 is 42.4 Å². The highest BCUT2D eigenvalue weighted by atomic mass is 19.3. The molecule has 0 bridgehead atoms. The van der Waals surface area contributed by atoms with Crippen molar-refractivity contribution in [2.75, 3.05) is 32.8 Å². The Morgan fingerprint density at radius 2 is 1.90 bits per heavy atom. The molecule has 1 N–H and O–H groups in total. The van der Waals surface area contributed by atoms with Crippen LogP contribution in [0.25, 0.3) is 0 Å². The Bertz CT molecular complexity index is 458. The third-order valence-corrected chi connectivity index (χ3v) is 3.84. The van der Waals surface area contributed by atoms with Gasteiger partial charge in [-0.3, -0.25) is 9.59 Å². The zero-order valence-corrected chi connectivity index (χ0v) is 11.5. The molecule has 2 amide bonds. The molecule has 0 aromatic rings. The predicted molar refractivity (Wildman–Crippen MR) is 67.2 cm³/mol. The number of alkyl halides is 2. The van der Waals surface area contributed by atoms with Gasteiger partial charge in [-0.25, -0.2) is 8.78 Å². The van der Waals surface area contributed by atoms with Crippen molar-refractivity contribution in [2.45, 2.75) is 18.8 Å². The summed E-state index contributed by atoms with van der Waals surface area (Å²) in [4.78, 5) is 25.7. The third-order valence-electron chi connectivity index (χ3n) is 3.84. The maximum Gasteiger partial charge on any atom is 0.249 e. The average Bonchev–Trinajstić information content (AvgIpc) is 2.81. The first-order valence-electron chi connectivity index (χ1n) is 6.83. The molecule has 2 fully saturated rings. The Balaban J connectivity index is 2.08. The Hall–Kier alpha value is -1.75. The standard InChI is InChI=1S/C13H17F2N3O3/c14-13(15)7-9(11(19)17-2-1-16)10(8-13)12(20)18-3-5-21-6-4-18/h9-10H,2-8H2,(H,17,19)/t9-,10-/m1/s1. The minimum Gasteiger partial charge on any atom is -0.378 e. The molecule has 2 aliphatic rings. The van der Waals surface area contributed by atoms with Gasteiger partial charge >= 0.3 is 0 Å². The summed E-state index contributed by atoms with van der Waals surface area (Å²) < 4.78 is 32.4. The van der Waals surface area contributed by atoms with Gasteiger partial charge in [0.15, 0.2) is 0 Å². The molecule has 2 rings (SSSR count). The van der Waals surface area contributed by atoms with Crippen molar-refractivity contribution in [3.05, 3.63) is 0 Å². The molecule has 0 unspecified atom stereocenters. The van der Waals surface area contributed by atoms with Crippen LogP contribution < -0.4 is 5.32 Å². The van der Waals surface area contributed by atoms with Crippen molar-refractivity contribution in [1.82, 2.24) is 10.2 Å². The van der Waals surface area contributed by atoms with Crippen LogP contribution >= 0.6 is 0 Å². The summed E-state index contributed by atoms with van der Waals surface area (Å²) in [5.41, 5.74) is 0. The van der Waals surface area contributed by atoms with E-state index in [0.717, 1.165) is 0 Å². The molecule has 0 spiro atoms. The molecule has 6 nitrogen and oxygen atoms in total. The summed E-state index contributed by atoms with van der Waals surface area (Å²) in [5.74, 6) is -6.21. The fourth-order valence-corrected chi connectivity index (χ4v) is 2.82. The lowest BCUT2D eigenvalue weighted by Gasteiger charge is -2.30. The van der Waals surface area contributed by atoms with Gasteiger partial charge in [0.05, 0.1) is 31.1 Å². The predicted octanol–water partition coefficient (Wildman–Crippen LogP) is 0.146. The minimum absolute atomic E-state index is 0.251. The largest absolute Gasteiger partial charge is 0.378 e. The lowest BCUT2D eigenvalue weighted by Crippen LogP contribution is -2.46. The molecule has 0 aromatic carbocycles. The van der Waals surface area contributed by atoms with Crippen molar-refractivity contribution in [2.24, 2.45) is 11.8 Å². The number of nitrogens with one attached hydrogen (secondary N) is 1. The van der Waals surface area contributed by atoms with E-state index in [1.54, 1.807) is 6.07 Å². The van der Waals surface area contributed by atoms with E-state index >= 15 is 0 Å². The third kappa shape index (κ3) is 3.67. The van der Waals surface area contributed by atoms with E-state index in [9.17, 15) is 18.4 Å². The number of hydrogen-bond acceptors (Lipinski definition) is 4. The van der Waals surface area contributed by atoms with E-state index in [0.29, 0.717) is 26.3 Å². The minimum atomic E-state index is -3.03. The summed E-state index contributed by atoms with van der Waals surface area (Å²) in [6.07, 6.45) is -1.27. The monoisotopic (exact) mass is 301 g/mol. The van der Waals surface area contributed by atoms with Crippen LogP contribution in [-0.2, 0) is 14.3 Å². The lowest BCUT2D eigenvalue weighted by molar-refractivity contribution is -0.144. The number of hydrogen-bond donors (Lipinski definition) is 1. The van der Waals surface area contributed by atoms with Gasteiger partial charge in [-0.05, 0) is 0 Å². The van der Waals surface area contributed by atoms with Gasteiger partial charge in [-0.1, -0.05) is 0 Å². The van der Waals surface area contributed by atoms with Crippen LogP contribution in [0.3, 0.4) is 0 Å². The highest BCUT2D eigenvalue weighted by Gasteiger charge is 2.52. The molecular formula is C13H17F2N3O3. The van der Waals surface area contributed by atoms with Crippen molar-refractivity contribution in [3.8, 4) is 6.07 Å². The number of carbonyl (C=O) groups excluding carboxylic acids is 2. The van der Waals surface area contributed by atoms with Crippen LogP contribution in [0.5, 0.6) is 0 Å². The fourth-order valence-electron chi connectivity index (χ4n) is 2.82. The van der Waals surface area contributed by atoms with Crippen LogP contribution in [-0.4, -0.2) is 55.5 Å². The molecule has 21 heavy (non-hydrogen) atoms. The molecule has 8 heteroatoms. The van der Waals surface area contributed by atoms with Gasteiger partial charge in [0.2, 0.25) is 17.7 Å². The van der Waals surface area contributed by atoms with Gasteiger partial charge in [-0.15, -0.1) is 0 Å². The number of morpholine rings is 1. The zero-order chi connectivity index (χ0) is 15.5. The Morgan fingerprint density at radius 3 is 2.52 bits per heavy atom. The van der Waals surface area contributed by atoms with E-state index in [1.165, 1.54) is 4.90 Å². The molecule has 1 saturated heterocycles. The summed E-state index contributed by atoms with van der Waals surface area (Å²) in [5, 5.41) is 10.7. The molecule has 2 atom stereocenters. The molecule has 1 saturated carbocycles.